The Bertz CT molecular complexity index is 578. The van der Waals surface area contributed by atoms with E-state index in [1.165, 1.54) is 23.3 Å². The Labute approximate surface area is 119 Å². The van der Waals surface area contributed by atoms with Gasteiger partial charge in [-0.05, 0) is 44.5 Å². The summed E-state index contributed by atoms with van der Waals surface area (Å²) in [6.07, 6.45) is 0. The Morgan fingerprint density at radius 1 is 0.900 bits per heavy atom. The lowest BCUT2D eigenvalue weighted by Gasteiger charge is -2.21. The normalized spacial score (nSPS) is 13.9. The number of aromatic hydroxyl groups is 2. The summed E-state index contributed by atoms with van der Waals surface area (Å²) in [4.78, 5) is 0. The van der Waals surface area contributed by atoms with Gasteiger partial charge in [0.05, 0.1) is 0 Å². The van der Waals surface area contributed by atoms with Crippen LogP contribution in [0.2, 0.25) is 0 Å². The number of aryl methyl sites for hydroxylation is 1. The number of hydrogen-bond donors (Lipinski definition) is 3. The predicted molar refractivity (Wildman–Crippen MR) is 80.9 cm³/mol. The number of benzene rings is 2. The SMILES string of the molecule is Cc1ccc(C(C)NC(C)c2cc(O)ccc2O)cc1. The van der Waals surface area contributed by atoms with Crippen molar-refractivity contribution in [3.63, 3.8) is 0 Å². The Balaban J connectivity index is 2.12. The molecular weight excluding hydrogens is 250 g/mol. The van der Waals surface area contributed by atoms with Crippen molar-refractivity contribution in [3.05, 3.63) is 59.2 Å². The van der Waals surface area contributed by atoms with E-state index in [0.29, 0.717) is 5.56 Å². The van der Waals surface area contributed by atoms with Gasteiger partial charge in [0.25, 0.3) is 0 Å². The average molecular weight is 271 g/mol. The van der Waals surface area contributed by atoms with Gasteiger partial charge < -0.3 is 15.5 Å². The average Bonchev–Trinajstić information content (AvgIpc) is 2.42. The largest absolute Gasteiger partial charge is 0.508 e. The molecule has 0 saturated carbocycles. The molecular formula is C17H21NO2. The van der Waals surface area contributed by atoms with Gasteiger partial charge in [0.15, 0.2) is 0 Å². The first-order valence-corrected chi connectivity index (χ1v) is 6.82. The minimum Gasteiger partial charge on any atom is -0.508 e. The maximum atomic E-state index is 9.87. The second-order valence-corrected chi connectivity index (χ2v) is 5.26. The summed E-state index contributed by atoms with van der Waals surface area (Å²) in [6.45, 7) is 6.12. The van der Waals surface area contributed by atoms with Crippen molar-refractivity contribution < 1.29 is 10.2 Å². The van der Waals surface area contributed by atoms with Gasteiger partial charge in [0.1, 0.15) is 11.5 Å². The van der Waals surface area contributed by atoms with Crippen LogP contribution in [0.25, 0.3) is 0 Å². The van der Waals surface area contributed by atoms with Crippen LogP contribution in [0.4, 0.5) is 0 Å². The van der Waals surface area contributed by atoms with E-state index >= 15 is 0 Å². The van der Waals surface area contributed by atoms with Gasteiger partial charge in [-0.25, -0.2) is 0 Å². The Morgan fingerprint density at radius 3 is 2.20 bits per heavy atom. The van der Waals surface area contributed by atoms with E-state index in [4.69, 9.17) is 0 Å². The van der Waals surface area contributed by atoms with Gasteiger partial charge in [0.2, 0.25) is 0 Å². The van der Waals surface area contributed by atoms with Gasteiger partial charge in [-0.15, -0.1) is 0 Å². The molecule has 2 aromatic rings. The molecule has 0 fully saturated rings. The zero-order valence-electron chi connectivity index (χ0n) is 12.1. The Hall–Kier alpha value is -2.00. The lowest BCUT2D eigenvalue weighted by molar-refractivity contribution is 0.429. The van der Waals surface area contributed by atoms with Gasteiger partial charge >= 0.3 is 0 Å². The van der Waals surface area contributed by atoms with Crippen LogP contribution in [0, 0.1) is 6.92 Å². The summed E-state index contributed by atoms with van der Waals surface area (Å²) in [5.74, 6) is 0.355. The van der Waals surface area contributed by atoms with Crippen molar-refractivity contribution in [2.45, 2.75) is 32.9 Å². The molecule has 3 heteroatoms. The predicted octanol–water partition coefficient (Wildman–Crippen LogP) is 3.82. The maximum Gasteiger partial charge on any atom is 0.120 e. The molecule has 0 amide bonds. The van der Waals surface area contributed by atoms with Crippen molar-refractivity contribution in [1.29, 1.82) is 0 Å². The molecule has 0 saturated heterocycles. The van der Waals surface area contributed by atoms with E-state index in [1.807, 2.05) is 6.92 Å². The van der Waals surface area contributed by atoms with Crippen molar-refractivity contribution in [2.75, 3.05) is 0 Å². The molecule has 3 N–H and O–H groups in total. The standard InChI is InChI=1S/C17H21NO2/c1-11-4-6-14(7-5-11)12(2)18-13(3)16-10-15(19)8-9-17(16)20/h4-10,12-13,18-20H,1-3H3. The van der Waals surface area contributed by atoms with Crippen LogP contribution in [-0.2, 0) is 0 Å². The minimum absolute atomic E-state index is 0.0570. The first-order chi connectivity index (χ1) is 9.47. The minimum atomic E-state index is -0.0570. The van der Waals surface area contributed by atoms with Crippen molar-refractivity contribution in [3.8, 4) is 11.5 Å². The topological polar surface area (TPSA) is 52.5 Å². The van der Waals surface area contributed by atoms with Crippen molar-refractivity contribution >= 4 is 0 Å². The fourth-order valence-corrected chi connectivity index (χ4v) is 2.30. The van der Waals surface area contributed by atoms with Crippen LogP contribution in [0.5, 0.6) is 11.5 Å². The fraction of sp³-hybridized carbons (Fsp3) is 0.294. The summed E-state index contributed by atoms with van der Waals surface area (Å²) >= 11 is 0. The molecule has 2 rings (SSSR count). The third kappa shape index (κ3) is 3.31. The molecule has 0 spiro atoms. The van der Waals surface area contributed by atoms with Crippen LogP contribution < -0.4 is 5.32 Å². The monoisotopic (exact) mass is 271 g/mol. The van der Waals surface area contributed by atoms with E-state index in [2.05, 4.69) is 43.4 Å². The number of phenols is 2. The summed E-state index contributed by atoms with van der Waals surface area (Å²) in [5.41, 5.74) is 3.13. The first-order valence-electron chi connectivity index (χ1n) is 6.82. The molecule has 106 valence electrons. The molecule has 0 aliphatic rings. The molecule has 2 aromatic carbocycles. The zero-order chi connectivity index (χ0) is 14.7. The molecule has 0 radical (unpaired) electrons. The number of rotatable bonds is 4. The highest BCUT2D eigenvalue weighted by Gasteiger charge is 2.14. The van der Waals surface area contributed by atoms with E-state index in [9.17, 15) is 10.2 Å². The van der Waals surface area contributed by atoms with Crippen LogP contribution in [-0.4, -0.2) is 10.2 Å². The number of nitrogens with one attached hydrogen (secondary N) is 1. The quantitative estimate of drug-likeness (QED) is 0.741. The number of phenolic OH excluding ortho intramolecular Hbond substituents is 2. The lowest BCUT2D eigenvalue weighted by Crippen LogP contribution is -2.22. The maximum absolute atomic E-state index is 9.87. The van der Waals surface area contributed by atoms with E-state index < -0.39 is 0 Å². The smallest absolute Gasteiger partial charge is 0.120 e. The molecule has 0 heterocycles. The first kappa shape index (κ1) is 14.4. The zero-order valence-corrected chi connectivity index (χ0v) is 12.1. The highest BCUT2D eigenvalue weighted by Crippen LogP contribution is 2.29. The number of hydrogen-bond acceptors (Lipinski definition) is 3. The summed E-state index contributed by atoms with van der Waals surface area (Å²) < 4.78 is 0. The Kier molecular flexibility index (Phi) is 4.30. The molecule has 2 unspecified atom stereocenters. The van der Waals surface area contributed by atoms with E-state index in [-0.39, 0.29) is 23.6 Å². The lowest BCUT2D eigenvalue weighted by atomic mass is 10.0. The summed E-state index contributed by atoms with van der Waals surface area (Å²) in [5, 5.41) is 22.8. The van der Waals surface area contributed by atoms with Crippen LogP contribution in [0.3, 0.4) is 0 Å². The van der Waals surface area contributed by atoms with E-state index in [0.717, 1.165) is 0 Å². The summed E-state index contributed by atoms with van der Waals surface area (Å²) in [6, 6.07) is 13.1. The van der Waals surface area contributed by atoms with Crippen LogP contribution in [0.1, 0.15) is 42.6 Å². The molecule has 0 aromatic heterocycles. The molecule has 20 heavy (non-hydrogen) atoms. The van der Waals surface area contributed by atoms with Crippen LogP contribution in [0.15, 0.2) is 42.5 Å². The van der Waals surface area contributed by atoms with E-state index in [1.54, 1.807) is 6.07 Å². The van der Waals surface area contributed by atoms with Gasteiger partial charge in [0, 0.05) is 17.6 Å². The highest BCUT2D eigenvalue weighted by atomic mass is 16.3. The van der Waals surface area contributed by atoms with Crippen LogP contribution >= 0.6 is 0 Å². The highest BCUT2D eigenvalue weighted by molar-refractivity contribution is 5.40. The van der Waals surface area contributed by atoms with Gasteiger partial charge in [-0.2, -0.15) is 0 Å². The molecule has 0 aliphatic heterocycles. The molecule has 3 nitrogen and oxygen atoms in total. The third-order valence-electron chi connectivity index (χ3n) is 3.55. The van der Waals surface area contributed by atoms with Crippen molar-refractivity contribution in [2.24, 2.45) is 0 Å². The molecule has 2 atom stereocenters. The third-order valence-corrected chi connectivity index (χ3v) is 3.55. The fourth-order valence-electron chi connectivity index (χ4n) is 2.30. The second-order valence-electron chi connectivity index (χ2n) is 5.26. The van der Waals surface area contributed by atoms with Crippen molar-refractivity contribution in [1.82, 2.24) is 5.32 Å². The molecule has 0 aliphatic carbocycles. The molecule has 0 bridgehead atoms. The summed E-state index contributed by atoms with van der Waals surface area (Å²) in [7, 11) is 0. The second kappa shape index (κ2) is 5.97. The van der Waals surface area contributed by atoms with Gasteiger partial charge in [-0.3, -0.25) is 0 Å². The Morgan fingerprint density at radius 2 is 1.55 bits per heavy atom. The van der Waals surface area contributed by atoms with Gasteiger partial charge in [-0.1, -0.05) is 29.8 Å².